The lowest BCUT2D eigenvalue weighted by Crippen LogP contribution is -2.13. The van der Waals surface area contributed by atoms with Gasteiger partial charge in [0.2, 0.25) is 0 Å². The molecule has 0 spiro atoms. The molecule has 0 amide bonds. The summed E-state index contributed by atoms with van der Waals surface area (Å²) in [5.74, 6) is -0.774. The van der Waals surface area contributed by atoms with Crippen molar-refractivity contribution in [3.05, 3.63) is 29.8 Å². The van der Waals surface area contributed by atoms with Crippen LogP contribution in [0.2, 0.25) is 0 Å². The molecule has 0 fully saturated rings. The van der Waals surface area contributed by atoms with Gasteiger partial charge in [0.25, 0.3) is 0 Å². The van der Waals surface area contributed by atoms with Crippen LogP contribution in [0.4, 0.5) is 0 Å². The molecule has 1 aromatic carbocycles. The number of rotatable bonds is 7. The number of carbonyl (C=O) groups is 1. The lowest BCUT2D eigenvalue weighted by molar-refractivity contribution is -0.136. The van der Waals surface area contributed by atoms with Gasteiger partial charge in [0.05, 0.1) is 0 Å². The average Bonchev–Trinajstić information content (AvgIpc) is 2.31. The molecule has 1 atom stereocenters. The molecule has 0 saturated carbocycles. The Morgan fingerprint density at radius 1 is 1.41 bits per heavy atom. The van der Waals surface area contributed by atoms with Gasteiger partial charge in [0.1, 0.15) is 5.25 Å². The molecule has 1 unspecified atom stereocenters. The second-order valence-corrected chi connectivity index (χ2v) is 5.33. The number of carboxylic acids is 1. The molecule has 0 aromatic heterocycles. The maximum Gasteiger partial charge on any atom is 0.316 e. The second-order valence-electron chi connectivity index (χ2n) is 3.92. The van der Waals surface area contributed by atoms with Crippen LogP contribution in [0.25, 0.3) is 0 Å². The molecule has 0 saturated heterocycles. The molecule has 0 bridgehead atoms. The van der Waals surface area contributed by atoms with Crippen molar-refractivity contribution < 1.29 is 9.90 Å². The maximum atomic E-state index is 10.7. The van der Waals surface area contributed by atoms with Crippen LogP contribution >= 0.6 is 11.8 Å². The van der Waals surface area contributed by atoms with Crippen LogP contribution in [0.5, 0.6) is 0 Å². The van der Waals surface area contributed by atoms with Crippen molar-refractivity contribution in [3.63, 3.8) is 0 Å². The van der Waals surface area contributed by atoms with E-state index in [1.165, 1.54) is 17.3 Å². The number of aliphatic carboxylic acids is 1. The maximum absolute atomic E-state index is 10.7. The van der Waals surface area contributed by atoms with Gasteiger partial charge in [-0.1, -0.05) is 19.1 Å². The monoisotopic (exact) mass is 253 g/mol. The van der Waals surface area contributed by atoms with E-state index in [-0.39, 0.29) is 0 Å². The van der Waals surface area contributed by atoms with E-state index < -0.39 is 11.2 Å². The van der Waals surface area contributed by atoms with Crippen LogP contribution in [-0.4, -0.2) is 22.9 Å². The molecule has 4 heteroatoms. The lowest BCUT2D eigenvalue weighted by atomic mass is 10.2. The zero-order valence-electron chi connectivity index (χ0n) is 10.3. The minimum Gasteiger partial charge on any atom is -0.480 e. The molecule has 94 valence electrons. The first-order chi connectivity index (χ1) is 8.13. The van der Waals surface area contributed by atoms with Crippen LogP contribution in [0.15, 0.2) is 29.2 Å². The predicted octanol–water partition coefficient (Wildman–Crippen LogP) is 2.75. The van der Waals surface area contributed by atoms with Crippen molar-refractivity contribution >= 4 is 17.7 Å². The van der Waals surface area contributed by atoms with Crippen molar-refractivity contribution in [2.75, 3.05) is 6.54 Å². The van der Waals surface area contributed by atoms with Crippen LogP contribution in [0, 0.1) is 0 Å². The Kier molecular flexibility index (Phi) is 6.08. The van der Waals surface area contributed by atoms with Crippen molar-refractivity contribution in [2.45, 2.75) is 37.0 Å². The number of benzene rings is 1. The van der Waals surface area contributed by atoms with E-state index in [0.29, 0.717) is 0 Å². The Hall–Kier alpha value is -1.00. The molecule has 0 aliphatic heterocycles. The summed E-state index contributed by atoms with van der Waals surface area (Å²) < 4.78 is 0. The number of hydrogen-bond acceptors (Lipinski definition) is 3. The first-order valence-corrected chi connectivity index (χ1v) is 6.70. The predicted molar refractivity (Wildman–Crippen MR) is 71.4 cm³/mol. The fraction of sp³-hybridized carbons (Fsp3) is 0.462. The second kappa shape index (κ2) is 7.35. The summed E-state index contributed by atoms with van der Waals surface area (Å²) in [6, 6.07) is 8.04. The van der Waals surface area contributed by atoms with Crippen molar-refractivity contribution in [1.82, 2.24) is 5.32 Å². The van der Waals surface area contributed by atoms with Gasteiger partial charge in [-0.3, -0.25) is 4.79 Å². The fourth-order valence-electron chi connectivity index (χ4n) is 1.35. The molecule has 0 aliphatic carbocycles. The van der Waals surface area contributed by atoms with Gasteiger partial charge in [0, 0.05) is 11.4 Å². The van der Waals surface area contributed by atoms with Crippen LogP contribution in [0.3, 0.4) is 0 Å². The summed E-state index contributed by atoms with van der Waals surface area (Å²) in [5.41, 5.74) is 1.23. The zero-order chi connectivity index (χ0) is 12.7. The van der Waals surface area contributed by atoms with E-state index in [1.807, 2.05) is 24.3 Å². The molecule has 0 aliphatic rings. The Morgan fingerprint density at radius 3 is 2.59 bits per heavy atom. The highest BCUT2D eigenvalue weighted by Crippen LogP contribution is 2.23. The zero-order valence-corrected chi connectivity index (χ0v) is 11.1. The normalized spacial score (nSPS) is 12.4. The van der Waals surface area contributed by atoms with Gasteiger partial charge in [-0.05, 0) is 37.6 Å². The van der Waals surface area contributed by atoms with Gasteiger partial charge in [-0.25, -0.2) is 0 Å². The van der Waals surface area contributed by atoms with Gasteiger partial charge < -0.3 is 10.4 Å². The Bertz CT molecular complexity index is 351. The minimum atomic E-state index is -0.774. The third kappa shape index (κ3) is 5.24. The van der Waals surface area contributed by atoms with Crippen molar-refractivity contribution in [2.24, 2.45) is 0 Å². The standard InChI is InChI=1S/C13H19NO2S/c1-3-8-14-9-11-4-6-12(7-5-11)17-10(2)13(15)16/h4-7,10,14H,3,8-9H2,1-2H3,(H,15,16). The highest BCUT2D eigenvalue weighted by molar-refractivity contribution is 8.00. The van der Waals surface area contributed by atoms with Crippen LogP contribution in [0.1, 0.15) is 25.8 Å². The Morgan fingerprint density at radius 2 is 2.06 bits per heavy atom. The lowest BCUT2D eigenvalue weighted by Gasteiger charge is -2.07. The largest absolute Gasteiger partial charge is 0.480 e. The molecule has 17 heavy (non-hydrogen) atoms. The topological polar surface area (TPSA) is 49.3 Å². The number of nitrogens with one attached hydrogen (secondary N) is 1. The van der Waals surface area contributed by atoms with E-state index in [0.717, 1.165) is 24.4 Å². The third-order valence-electron chi connectivity index (χ3n) is 2.34. The fourth-order valence-corrected chi connectivity index (χ4v) is 2.15. The molecule has 0 heterocycles. The molecular formula is C13H19NO2S. The van der Waals surface area contributed by atoms with Gasteiger partial charge in [-0.15, -0.1) is 11.8 Å². The molecule has 0 radical (unpaired) electrons. The third-order valence-corrected chi connectivity index (χ3v) is 3.44. The Balaban J connectivity index is 2.47. The summed E-state index contributed by atoms with van der Waals surface area (Å²) in [6.45, 7) is 5.73. The van der Waals surface area contributed by atoms with Gasteiger partial charge in [0.15, 0.2) is 0 Å². The van der Waals surface area contributed by atoms with E-state index in [4.69, 9.17) is 5.11 Å². The summed E-state index contributed by atoms with van der Waals surface area (Å²) in [7, 11) is 0. The molecule has 1 aromatic rings. The van der Waals surface area contributed by atoms with Crippen molar-refractivity contribution in [1.29, 1.82) is 0 Å². The summed E-state index contributed by atoms with van der Waals surface area (Å²) in [5, 5.41) is 11.7. The van der Waals surface area contributed by atoms with E-state index in [2.05, 4.69) is 12.2 Å². The SMILES string of the molecule is CCCNCc1ccc(SC(C)C(=O)O)cc1. The van der Waals surface area contributed by atoms with Crippen LogP contribution < -0.4 is 5.32 Å². The Labute approximate surface area is 107 Å². The smallest absolute Gasteiger partial charge is 0.316 e. The average molecular weight is 253 g/mol. The summed E-state index contributed by atoms with van der Waals surface area (Å²) >= 11 is 1.37. The number of hydrogen-bond donors (Lipinski definition) is 2. The highest BCUT2D eigenvalue weighted by Gasteiger charge is 2.11. The van der Waals surface area contributed by atoms with E-state index in [1.54, 1.807) is 6.92 Å². The van der Waals surface area contributed by atoms with Gasteiger partial charge in [-0.2, -0.15) is 0 Å². The summed E-state index contributed by atoms with van der Waals surface area (Å²) in [4.78, 5) is 11.7. The van der Waals surface area contributed by atoms with E-state index in [9.17, 15) is 4.79 Å². The quantitative estimate of drug-likeness (QED) is 0.579. The summed E-state index contributed by atoms with van der Waals surface area (Å²) in [6.07, 6.45) is 1.13. The molecule has 1 rings (SSSR count). The van der Waals surface area contributed by atoms with Crippen molar-refractivity contribution in [3.8, 4) is 0 Å². The minimum absolute atomic E-state index is 0.404. The van der Waals surface area contributed by atoms with Gasteiger partial charge >= 0.3 is 5.97 Å². The number of thioether (sulfide) groups is 1. The van der Waals surface area contributed by atoms with Crippen LogP contribution in [-0.2, 0) is 11.3 Å². The number of carboxylic acid groups (broad SMARTS) is 1. The van der Waals surface area contributed by atoms with E-state index >= 15 is 0 Å². The molecule has 3 nitrogen and oxygen atoms in total. The molecule has 2 N–H and O–H groups in total. The molecular weight excluding hydrogens is 234 g/mol. The first-order valence-electron chi connectivity index (χ1n) is 5.82. The first kappa shape index (κ1) is 14.1. The highest BCUT2D eigenvalue weighted by atomic mass is 32.2.